The van der Waals surface area contributed by atoms with E-state index in [0.717, 1.165) is 37.9 Å². The molecule has 24 heavy (non-hydrogen) atoms. The third-order valence-corrected chi connectivity index (χ3v) is 3.89. The summed E-state index contributed by atoms with van der Waals surface area (Å²) < 4.78 is 15.4. The second-order valence-electron chi connectivity index (χ2n) is 5.49. The maximum Gasteiger partial charge on any atom is 0.331 e. The van der Waals surface area contributed by atoms with Crippen LogP contribution in [0.4, 0.5) is 0 Å². The van der Waals surface area contributed by atoms with Crippen LogP contribution in [0.2, 0.25) is 0 Å². The Morgan fingerprint density at radius 3 is 2.54 bits per heavy atom. The number of piperidine rings is 1. The van der Waals surface area contributed by atoms with Gasteiger partial charge in [0.15, 0.2) is 6.61 Å². The highest BCUT2D eigenvalue weighted by Gasteiger charge is 2.17. The maximum atomic E-state index is 11.9. The number of methoxy groups -OCH3 is 2. The summed E-state index contributed by atoms with van der Waals surface area (Å²) in [6.45, 7) is 1.27. The maximum absolute atomic E-state index is 11.9. The van der Waals surface area contributed by atoms with Crippen LogP contribution in [0, 0.1) is 0 Å². The first kappa shape index (κ1) is 17.8. The van der Waals surface area contributed by atoms with Crippen molar-refractivity contribution in [3.8, 4) is 11.5 Å². The topological polar surface area (TPSA) is 65.1 Å². The standard InChI is InChI=1S/C18H23NO5/c1-22-15-8-6-14(16(12-15)23-2)7-9-18(21)24-13-17(20)19-10-4-3-5-11-19/h6-9,12H,3-5,10-11,13H2,1-2H3. The van der Waals surface area contributed by atoms with Crippen molar-refractivity contribution in [2.24, 2.45) is 0 Å². The number of hydrogen-bond donors (Lipinski definition) is 0. The number of nitrogens with zero attached hydrogens (tertiary/aromatic N) is 1. The molecule has 1 heterocycles. The summed E-state index contributed by atoms with van der Waals surface area (Å²) in [5.41, 5.74) is 0.720. The van der Waals surface area contributed by atoms with Gasteiger partial charge in [-0.15, -0.1) is 0 Å². The molecule has 1 aromatic carbocycles. The van der Waals surface area contributed by atoms with Crippen LogP contribution >= 0.6 is 0 Å². The Balaban J connectivity index is 1.87. The van der Waals surface area contributed by atoms with E-state index < -0.39 is 5.97 Å². The minimum Gasteiger partial charge on any atom is -0.497 e. The number of hydrogen-bond acceptors (Lipinski definition) is 5. The monoisotopic (exact) mass is 333 g/mol. The molecule has 0 atom stereocenters. The highest BCUT2D eigenvalue weighted by Crippen LogP contribution is 2.25. The third-order valence-electron chi connectivity index (χ3n) is 3.89. The molecule has 6 heteroatoms. The Morgan fingerprint density at radius 2 is 1.88 bits per heavy atom. The number of carbonyl (C=O) groups excluding carboxylic acids is 2. The van der Waals surface area contributed by atoms with Crippen LogP contribution in [0.25, 0.3) is 6.08 Å². The van der Waals surface area contributed by atoms with Gasteiger partial charge in [0.25, 0.3) is 5.91 Å². The molecular weight excluding hydrogens is 310 g/mol. The molecule has 0 radical (unpaired) electrons. The van der Waals surface area contributed by atoms with Crippen LogP contribution in [0.5, 0.6) is 11.5 Å². The molecule has 0 unspecified atom stereocenters. The molecule has 130 valence electrons. The molecule has 1 saturated heterocycles. The van der Waals surface area contributed by atoms with Crippen molar-refractivity contribution < 1.29 is 23.8 Å². The summed E-state index contributed by atoms with van der Waals surface area (Å²) >= 11 is 0. The molecule has 0 spiro atoms. The van der Waals surface area contributed by atoms with Gasteiger partial charge in [0, 0.05) is 30.8 Å². The first-order chi connectivity index (χ1) is 11.6. The van der Waals surface area contributed by atoms with E-state index in [1.807, 2.05) is 0 Å². The Bertz CT molecular complexity index is 605. The first-order valence-electron chi connectivity index (χ1n) is 7.98. The van der Waals surface area contributed by atoms with Gasteiger partial charge in [0.2, 0.25) is 0 Å². The van der Waals surface area contributed by atoms with Crippen molar-refractivity contribution in [1.29, 1.82) is 0 Å². The van der Waals surface area contributed by atoms with Gasteiger partial charge in [-0.3, -0.25) is 4.79 Å². The summed E-state index contributed by atoms with van der Waals surface area (Å²) in [6, 6.07) is 5.28. The predicted octanol–water partition coefficient (Wildman–Crippen LogP) is 2.27. The fourth-order valence-corrected chi connectivity index (χ4v) is 2.53. The van der Waals surface area contributed by atoms with Crippen molar-refractivity contribution in [2.45, 2.75) is 19.3 Å². The van der Waals surface area contributed by atoms with E-state index in [2.05, 4.69) is 0 Å². The van der Waals surface area contributed by atoms with Gasteiger partial charge < -0.3 is 19.1 Å². The summed E-state index contributed by atoms with van der Waals surface area (Å²) in [6.07, 6.45) is 6.05. The molecule has 1 aliphatic rings. The van der Waals surface area contributed by atoms with Gasteiger partial charge in [0.05, 0.1) is 14.2 Å². The normalized spacial score (nSPS) is 14.5. The molecule has 0 aromatic heterocycles. The van der Waals surface area contributed by atoms with Gasteiger partial charge in [0.1, 0.15) is 11.5 Å². The molecule has 0 N–H and O–H groups in total. The lowest BCUT2D eigenvalue weighted by molar-refractivity contribution is -0.148. The summed E-state index contributed by atoms with van der Waals surface area (Å²) in [5, 5.41) is 0. The Morgan fingerprint density at radius 1 is 1.12 bits per heavy atom. The van der Waals surface area contributed by atoms with E-state index in [-0.39, 0.29) is 12.5 Å². The largest absolute Gasteiger partial charge is 0.497 e. The number of likely N-dealkylation sites (tertiary alicyclic amines) is 1. The number of benzene rings is 1. The summed E-state index contributed by atoms with van der Waals surface area (Å²) in [7, 11) is 3.11. The zero-order valence-electron chi connectivity index (χ0n) is 14.1. The molecule has 6 nitrogen and oxygen atoms in total. The molecule has 2 rings (SSSR count). The lowest BCUT2D eigenvalue weighted by Crippen LogP contribution is -2.38. The van der Waals surface area contributed by atoms with E-state index in [9.17, 15) is 9.59 Å². The lowest BCUT2D eigenvalue weighted by atomic mass is 10.1. The highest BCUT2D eigenvalue weighted by atomic mass is 16.5. The molecular formula is C18H23NO5. The first-order valence-corrected chi connectivity index (χ1v) is 7.98. The van der Waals surface area contributed by atoms with E-state index >= 15 is 0 Å². The molecule has 1 aromatic rings. The Labute approximate surface area is 142 Å². The molecule has 1 aliphatic heterocycles. The zero-order chi connectivity index (χ0) is 17.4. The molecule has 0 aliphatic carbocycles. The van der Waals surface area contributed by atoms with Gasteiger partial charge in [-0.2, -0.15) is 0 Å². The van der Waals surface area contributed by atoms with Crippen LogP contribution in [-0.4, -0.2) is 50.7 Å². The van der Waals surface area contributed by atoms with Crippen LogP contribution in [-0.2, 0) is 14.3 Å². The second-order valence-corrected chi connectivity index (χ2v) is 5.49. The number of amides is 1. The van der Waals surface area contributed by atoms with E-state index in [4.69, 9.17) is 14.2 Å². The Kier molecular flexibility index (Phi) is 6.66. The van der Waals surface area contributed by atoms with E-state index in [1.165, 1.54) is 6.08 Å². The fraction of sp³-hybridized carbons (Fsp3) is 0.444. The second kappa shape index (κ2) is 8.96. The molecule has 1 fully saturated rings. The van der Waals surface area contributed by atoms with Crippen LogP contribution in [0.1, 0.15) is 24.8 Å². The number of rotatable bonds is 6. The number of esters is 1. The molecule has 1 amide bonds. The summed E-state index contributed by atoms with van der Waals surface area (Å²) in [5.74, 6) is 0.554. The van der Waals surface area contributed by atoms with E-state index in [0.29, 0.717) is 11.5 Å². The van der Waals surface area contributed by atoms with Crippen LogP contribution < -0.4 is 9.47 Å². The number of ether oxygens (including phenoxy) is 3. The van der Waals surface area contributed by atoms with Gasteiger partial charge >= 0.3 is 5.97 Å². The number of carbonyl (C=O) groups is 2. The highest BCUT2D eigenvalue weighted by molar-refractivity contribution is 5.89. The van der Waals surface area contributed by atoms with Gasteiger partial charge in [-0.1, -0.05) is 0 Å². The average Bonchev–Trinajstić information content (AvgIpc) is 2.64. The van der Waals surface area contributed by atoms with Crippen LogP contribution in [0.15, 0.2) is 24.3 Å². The zero-order valence-corrected chi connectivity index (χ0v) is 14.1. The predicted molar refractivity (Wildman–Crippen MR) is 90.0 cm³/mol. The van der Waals surface area contributed by atoms with Crippen molar-refractivity contribution in [3.63, 3.8) is 0 Å². The van der Waals surface area contributed by atoms with Gasteiger partial charge in [-0.25, -0.2) is 4.79 Å². The average molecular weight is 333 g/mol. The third kappa shape index (κ3) is 5.01. The SMILES string of the molecule is COc1ccc(C=CC(=O)OCC(=O)N2CCCCC2)c(OC)c1. The molecule has 0 bridgehead atoms. The van der Waals surface area contributed by atoms with Crippen LogP contribution in [0.3, 0.4) is 0 Å². The van der Waals surface area contributed by atoms with Crippen molar-refractivity contribution in [3.05, 3.63) is 29.8 Å². The van der Waals surface area contributed by atoms with Gasteiger partial charge in [-0.05, 0) is 37.5 Å². The smallest absolute Gasteiger partial charge is 0.331 e. The van der Waals surface area contributed by atoms with Crippen molar-refractivity contribution in [1.82, 2.24) is 4.90 Å². The van der Waals surface area contributed by atoms with E-state index in [1.54, 1.807) is 43.4 Å². The minimum atomic E-state index is -0.557. The van der Waals surface area contributed by atoms with Crippen molar-refractivity contribution in [2.75, 3.05) is 33.9 Å². The fourth-order valence-electron chi connectivity index (χ4n) is 2.53. The minimum absolute atomic E-state index is 0.140. The lowest BCUT2D eigenvalue weighted by Gasteiger charge is -2.26. The van der Waals surface area contributed by atoms with Crippen molar-refractivity contribution >= 4 is 18.0 Å². The molecule has 0 saturated carbocycles. The quantitative estimate of drug-likeness (QED) is 0.590. The Hall–Kier alpha value is -2.50. The summed E-state index contributed by atoms with van der Waals surface area (Å²) in [4.78, 5) is 25.5.